The Kier molecular flexibility index (Phi) is 1.99. The van der Waals surface area contributed by atoms with Gasteiger partial charge in [0, 0.05) is 26.4 Å². The van der Waals surface area contributed by atoms with Gasteiger partial charge in [0.25, 0.3) is 0 Å². The Balaban J connectivity index is 2.54. The van der Waals surface area contributed by atoms with Gasteiger partial charge >= 0.3 is 0 Å². The van der Waals surface area contributed by atoms with Crippen LogP contribution in [0.4, 0.5) is 5.95 Å². The Morgan fingerprint density at radius 3 is 2.86 bits per heavy atom. The van der Waals surface area contributed by atoms with Crippen molar-refractivity contribution in [3.05, 3.63) is 18.3 Å². The molecule has 5 heteroatoms. The van der Waals surface area contributed by atoms with E-state index in [1.54, 1.807) is 11.6 Å². The number of anilines is 1. The molecule has 2 aromatic heterocycles. The van der Waals surface area contributed by atoms with E-state index in [1.807, 2.05) is 37.3 Å². The molecule has 0 amide bonds. The Morgan fingerprint density at radius 1 is 1.43 bits per heavy atom. The van der Waals surface area contributed by atoms with Crippen LogP contribution in [-0.2, 0) is 0 Å². The molecule has 0 N–H and O–H groups in total. The zero-order chi connectivity index (χ0) is 10.1. The summed E-state index contributed by atoms with van der Waals surface area (Å²) in [5, 5.41) is 4.26. The average Bonchev–Trinajstić information content (AvgIpc) is 2.59. The second-order valence-corrected chi connectivity index (χ2v) is 3.18. The van der Waals surface area contributed by atoms with Crippen molar-refractivity contribution in [2.24, 2.45) is 0 Å². The highest BCUT2D eigenvalue weighted by Crippen LogP contribution is 2.14. The number of hydrogen-bond donors (Lipinski definition) is 0. The van der Waals surface area contributed by atoms with Crippen LogP contribution in [0.15, 0.2) is 18.3 Å². The summed E-state index contributed by atoms with van der Waals surface area (Å²) in [4.78, 5) is 6.18. The summed E-state index contributed by atoms with van der Waals surface area (Å²) in [6.45, 7) is 0. The average molecular weight is 192 g/mol. The zero-order valence-corrected chi connectivity index (χ0v) is 8.43. The summed E-state index contributed by atoms with van der Waals surface area (Å²) in [5.41, 5.74) is 0.785. The van der Waals surface area contributed by atoms with Crippen LogP contribution < -0.4 is 9.64 Å². The predicted molar refractivity (Wildman–Crippen MR) is 53.9 cm³/mol. The maximum absolute atomic E-state index is 5.10. The molecular weight excluding hydrogens is 180 g/mol. The minimum Gasteiger partial charge on any atom is -0.497 e. The number of nitrogens with zero attached hydrogens (tertiary/aromatic N) is 4. The molecule has 0 aliphatic carbocycles. The topological polar surface area (TPSA) is 42.7 Å². The first kappa shape index (κ1) is 8.80. The van der Waals surface area contributed by atoms with Gasteiger partial charge in [-0.1, -0.05) is 0 Å². The monoisotopic (exact) mass is 192 g/mol. The third-order valence-corrected chi connectivity index (χ3v) is 1.93. The molecule has 0 spiro atoms. The van der Waals surface area contributed by atoms with E-state index in [1.165, 1.54) is 0 Å². The summed E-state index contributed by atoms with van der Waals surface area (Å²) >= 11 is 0. The van der Waals surface area contributed by atoms with Crippen LogP contribution in [0.3, 0.4) is 0 Å². The summed E-state index contributed by atoms with van der Waals surface area (Å²) in [6.07, 6.45) is 1.83. The highest BCUT2D eigenvalue weighted by Gasteiger charge is 2.05. The van der Waals surface area contributed by atoms with Crippen molar-refractivity contribution in [3.63, 3.8) is 0 Å². The quantitative estimate of drug-likeness (QED) is 0.706. The Bertz CT molecular complexity index is 449. The zero-order valence-electron chi connectivity index (χ0n) is 8.43. The van der Waals surface area contributed by atoms with E-state index in [0.717, 1.165) is 11.4 Å². The fraction of sp³-hybridized carbons (Fsp3) is 0.333. The van der Waals surface area contributed by atoms with Crippen LogP contribution in [0.1, 0.15) is 0 Å². The second kappa shape index (κ2) is 3.17. The molecule has 0 aliphatic heterocycles. The van der Waals surface area contributed by atoms with Crippen LogP contribution in [-0.4, -0.2) is 35.8 Å². The third-order valence-electron chi connectivity index (χ3n) is 1.93. The third kappa shape index (κ3) is 1.37. The molecule has 14 heavy (non-hydrogen) atoms. The summed E-state index contributed by atoms with van der Waals surface area (Å²) in [7, 11) is 5.45. The Labute approximate surface area is 81.9 Å². The van der Waals surface area contributed by atoms with E-state index < -0.39 is 0 Å². The molecule has 0 radical (unpaired) electrons. The maximum atomic E-state index is 5.10. The molecule has 0 saturated carbocycles. The van der Waals surface area contributed by atoms with Gasteiger partial charge in [-0.15, -0.1) is 5.10 Å². The molecule has 0 fully saturated rings. The van der Waals surface area contributed by atoms with Crippen molar-refractivity contribution < 1.29 is 4.74 Å². The largest absolute Gasteiger partial charge is 0.497 e. The fourth-order valence-corrected chi connectivity index (χ4v) is 1.17. The van der Waals surface area contributed by atoms with Gasteiger partial charge in [-0.3, -0.25) is 0 Å². The molecule has 0 saturated heterocycles. The van der Waals surface area contributed by atoms with Crippen molar-refractivity contribution in [2.75, 3.05) is 26.1 Å². The van der Waals surface area contributed by atoms with E-state index in [0.29, 0.717) is 5.95 Å². The highest BCUT2D eigenvalue weighted by molar-refractivity contribution is 5.47. The molecule has 0 aromatic carbocycles. The van der Waals surface area contributed by atoms with Gasteiger partial charge in [0.2, 0.25) is 5.95 Å². The molecule has 2 aromatic rings. The van der Waals surface area contributed by atoms with Crippen molar-refractivity contribution in [1.82, 2.24) is 14.6 Å². The van der Waals surface area contributed by atoms with Crippen molar-refractivity contribution in [2.45, 2.75) is 0 Å². The molecule has 2 heterocycles. The maximum Gasteiger partial charge on any atom is 0.245 e. The van der Waals surface area contributed by atoms with Gasteiger partial charge in [0.05, 0.1) is 7.11 Å². The number of aromatic nitrogens is 3. The first-order valence-electron chi connectivity index (χ1n) is 4.28. The van der Waals surface area contributed by atoms with Crippen LogP contribution >= 0.6 is 0 Å². The fourth-order valence-electron chi connectivity index (χ4n) is 1.17. The van der Waals surface area contributed by atoms with Gasteiger partial charge in [-0.2, -0.15) is 4.98 Å². The lowest BCUT2D eigenvalue weighted by molar-refractivity contribution is 0.414. The number of rotatable bonds is 2. The lowest BCUT2D eigenvalue weighted by Crippen LogP contribution is -2.10. The summed E-state index contributed by atoms with van der Waals surface area (Å²) in [5.74, 6) is 1.48. The number of pyridine rings is 1. The SMILES string of the molecule is COc1ccn2nc(N(C)C)nc2c1. The number of methoxy groups -OCH3 is 1. The van der Waals surface area contributed by atoms with E-state index in [4.69, 9.17) is 4.74 Å². The highest BCUT2D eigenvalue weighted by atomic mass is 16.5. The Morgan fingerprint density at radius 2 is 2.21 bits per heavy atom. The van der Waals surface area contributed by atoms with Crippen molar-refractivity contribution in [3.8, 4) is 5.75 Å². The van der Waals surface area contributed by atoms with Gasteiger partial charge in [-0.25, -0.2) is 4.52 Å². The molecule has 5 nitrogen and oxygen atoms in total. The molecule has 0 bridgehead atoms. The Hall–Kier alpha value is -1.78. The van der Waals surface area contributed by atoms with Crippen LogP contribution in [0.5, 0.6) is 5.75 Å². The van der Waals surface area contributed by atoms with E-state index in [2.05, 4.69) is 10.1 Å². The predicted octanol–water partition coefficient (Wildman–Crippen LogP) is 0.804. The minimum absolute atomic E-state index is 0.693. The summed E-state index contributed by atoms with van der Waals surface area (Å²) < 4.78 is 6.82. The molecule has 0 atom stereocenters. The molecule has 74 valence electrons. The smallest absolute Gasteiger partial charge is 0.245 e. The first-order valence-corrected chi connectivity index (χ1v) is 4.28. The van der Waals surface area contributed by atoms with E-state index in [-0.39, 0.29) is 0 Å². The lowest BCUT2D eigenvalue weighted by atomic mass is 10.4. The standard InChI is InChI=1S/C9H12N4O/c1-12(2)9-10-8-6-7(14-3)4-5-13(8)11-9/h4-6H,1-3H3. The van der Waals surface area contributed by atoms with Gasteiger partial charge in [-0.05, 0) is 6.07 Å². The molecule has 2 rings (SSSR count). The second-order valence-electron chi connectivity index (χ2n) is 3.18. The van der Waals surface area contributed by atoms with Crippen molar-refractivity contribution >= 4 is 11.6 Å². The van der Waals surface area contributed by atoms with Crippen molar-refractivity contribution in [1.29, 1.82) is 0 Å². The molecule has 0 unspecified atom stereocenters. The van der Waals surface area contributed by atoms with E-state index in [9.17, 15) is 0 Å². The minimum atomic E-state index is 0.693. The van der Waals surface area contributed by atoms with Gasteiger partial charge < -0.3 is 9.64 Å². The number of fused-ring (bicyclic) bond motifs is 1. The first-order chi connectivity index (χ1) is 6.70. The summed E-state index contributed by atoms with van der Waals surface area (Å²) in [6, 6.07) is 3.70. The van der Waals surface area contributed by atoms with Gasteiger partial charge in [0.15, 0.2) is 5.65 Å². The lowest BCUT2D eigenvalue weighted by Gasteiger charge is -2.03. The van der Waals surface area contributed by atoms with E-state index >= 15 is 0 Å². The van der Waals surface area contributed by atoms with Crippen LogP contribution in [0.2, 0.25) is 0 Å². The van der Waals surface area contributed by atoms with Crippen LogP contribution in [0.25, 0.3) is 5.65 Å². The van der Waals surface area contributed by atoms with Gasteiger partial charge in [0.1, 0.15) is 5.75 Å². The van der Waals surface area contributed by atoms with Crippen LogP contribution in [0, 0.1) is 0 Å². The normalized spacial score (nSPS) is 10.5. The molecular formula is C9H12N4O. The number of ether oxygens (including phenoxy) is 1. The molecule has 0 aliphatic rings. The number of hydrogen-bond acceptors (Lipinski definition) is 4.